The number of carbonyl (C=O) groups excluding carboxylic acids is 1. The molecule has 1 N–H and O–H groups in total. The van der Waals surface area contributed by atoms with Gasteiger partial charge in [-0.15, -0.1) is 0 Å². The van der Waals surface area contributed by atoms with Crippen LogP contribution in [0.5, 0.6) is 23.0 Å². The van der Waals surface area contributed by atoms with Crippen molar-refractivity contribution in [3.05, 3.63) is 70.6 Å². The van der Waals surface area contributed by atoms with Crippen molar-refractivity contribution < 1.29 is 23.7 Å². The summed E-state index contributed by atoms with van der Waals surface area (Å²) in [5, 5.41) is 6.87. The Hall–Kier alpha value is -4.01. The fraction of sp³-hybridized carbons (Fsp3) is 0.227. The zero-order chi connectivity index (χ0) is 22.2. The Morgan fingerprint density at radius 2 is 1.65 bits per heavy atom. The second kappa shape index (κ2) is 10.1. The molecule has 1 heterocycles. The van der Waals surface area contributed by atoms with Gasteiger partial charge in [-0.3, -0.25) is 9.59 Å². The number of amides is 1. The lowest BCUT2D eigenvalue weighted by molar-refractivity contribution is 0.101. The Labute approximate surface area is 179 Å². The number of hydrogen-bond donors (Lipinski definition) is 1. The van der Waals surface area contributed by atoms with Crippen LogP contribution in [0.1, 0.15) is 10.5 Å². The number of benzene rings is 2. The minimum absolute atomic E-state index is 0.0769. The summed E-state index contributed by atoms with van der Waals surface area (Å²) in [5.41, 5.74) is 0.167. The fourth-order valence-corrected chi connectivity index (χ4v) is 2.85. The summed E-state index contributed by atoms with van der Waals surface area (Å²) >= 11 is 0. The van der Waals surface area contributed by atoms with Crippen molar-refractivity contribution in [3.8, 4) is 23.0 Å². The molecule has 0 aliphatic heterocycles. The maximum Gasteiger partial charge on any atom is 0.276 e. The molecule has 0 fully saturated rings. The molecule has 0 aliphatic rings. The van der Waals surface area contributed by atoms with Gasteiger partial charge in [0.2, 0.25) is 5.75 Å². The fourth-order valence-electron chi connectivity index (χ4n) is 2.85. The minimum Gasteiger partial charge on any atom is -0.493 e. The molecule has 2 aromatic carbocycles. The zero-order valence-electron chi connectivity index (χ0n) is 17.5. The molecule has 0 atom stereocenters. The molecule has 0 saturated heterocycles. The van der Waals surface area contributed by atoms with Crippen molar-refractivity contribution >= 4 is 11.6 Å². The van der Waals surface area contributed by atoms with Gasteiger partial charge in [0, 0.05) is 23.9 Å². The molecule has 3 rings (SSSR count). The van der Waals surface area contributed by atoms with Crippen molar-refractivity contribution in [2.45, 2.75) is 6.54 Å². The molecular weight excluding hydrogens is 402 g/mol. The molecule has 31 heavy (non-hydrogen) atoms. The largest absolute Gasteiger partial charge is 0.493 e. The number of nitrogens with one attached hydrogen (secondary N) is 1. The molecule has 9 heteroatoms. The molecule has 0 spiro atoms. The van der Waals surface area contributed by atoms with Gasteiger partial charge in [0.1, 0.15) is 18.1 Å². The topological polar surface area (TPSA) is 101 Å². The second-order valence-corrected chi connectivity index (χ2v) is 6.31. The molecule has 0 radical (unpaired) electrons. The maximum absolute atomic E-state index is 12.7. The second-order valence-electron chi connectivity index (χ2n) is 6.31. The highest BCUT2D eigenvalue weighted by molar-refractivity contribution is 6.03. The lowest BCUT2D eigenvalue weighted by Gasteiger charge is -2.14. The third kappa shape index (κ3) is 5.33. The van der Waals surface area contributed by atoms with E-state index in [4.69, 9.17) is 18.9 Å². The van der Waals surface area contributed by atoms with Crippen molar-refractivity contribution in [2.75, 3.05) is 33.3 Å². The summed E-state index contributed by atoms with van der Waals surface area (Å²) in [6.45, 7) is 0.425. The summed E-state index contributed by atoms with van der Waals surface area (Å²) in [6, 6.07) is 15.1. The van der Waals surface area contributed by atoms with Crippen LogP contribution in [0.2, 0.25) is 0 Å². The van der Waals surface area contributed by atoms with Crippen LogP contribution in [0.15, 0.2) is 59.4 Å². The van der Waals surface area contributed by atoms with Crippen molar-refractivity contribution in [1.29, 1.82) is 0 Å². The van der Waals surface area contributed by atoms with E-state index in [0.29, 0.717) is 28.7 Å². The van der Waals surface area contributed by atoms with E-state index in [-0.39, 0.29) is 24.4 Å². The van der Waals surface area contributed by atoms with Crippen molar-refractivity contribution in [2.24, 2.45) is 0 Å². The number of carbonyl (C=O) groups is 1. The van der Waals surface area contributed by atoms with E-state index in [1.54, 1.807) is 12.1 Å². The number of rotatable bonds is 9. The predicted octanol–water partition coefficient (Wildman–Crippen LogP) is 2.60. The Morgan fingerprint density at radius 3 is 2.26 bits per heavy atom. The number of methoxy groups -OCH3 is 3. The summed E-state index contributed by atoms with van der Waals surface area (Å²) in [7, 11) is 4.46. The smallest absolute Gasteiger partial charge is 0.276 e. The number of para-hydroxylation sites is 1. The molecular formula is C22H23N3O6. The van der Waals surface area contributed by atoms with Crippen LogP contribution in [-0.4, -0.2) is 43.6 Å². The molecule has 0 aliphatic carbocycles. The van der Waals surface area contributed by atoms with Gasteiger partial charge in [-0.2, -0.15) is 5.10 Å². The minimum atomic E-state index is -0.494. The van der Waals surface area contributed by atoms with Gasteiger partial charge >= 0.3 is 0 Å². The normalized spacial score (nSPS) is 10.3. The third-order valence-electron chi connectivity index (χ3n) is 4.34. The van der Waals surface area contributed by atoms with Gasteiger partial charge < -0.3 is 24.3 Å². The lowest BCUT2D eigenvalue weighted by atomic mass is 10.2. The molecule has 1 aromatic heterocycles. The van der Waals surface area contributed by atoms with Gasteiger partial charge in [0.05, 0.1) is 27.9 Å². The molecule has 0 bridgehead atoms. The standard InChI is InChI=1S/C22H23N3O6/c1-28-18-13-15(14-19(29-2)21(18)30-3)23-22(27)17-9-10-20(26)25(24-17)11-12-31-16-7-5-4-6-8-16/h4-10,13-14H,11-12H2,1-3H3,(H,23,27). The van der Waals surface area contributed by atoms with Gasteiger partial charge in [0.25, 0.3) is 11.5 Å². The summed E-state index contributed by atoms with van der Waals surface area (Å²) in [6.07, 6.45) is 0. The quantitative estimate of drug-likeness (QED) is 0.562. The molecule has 0 saturated carbocycles. The van der Waals surface area contributed by atoms with Crippen LogP contribution in [0.4, 0.5) is 5.69 Å². The Morgan fingerprint density at radius 1 is 0.968 bits per heavy atom. The maximum atomic E-state index is 12.7. The first-order chi connectivity index (χ1) is 15.0. The first-order valence-corrected chi connectivity index (χ1v) is 9.43. The van der Waals surface area contributed by atoms with Crippen LogP contribution in [-0.2, 0) is 6.54 Å². The van der Waals surface area contributed by atoms with E-state index in [0.717, 1.165) is 0 Å². The number of aromatic nitrogens is 2. The molecule has 1 amide bonds. The van der Waals surface area contributed by atoms with E-state index in [9.17, 15) is 9.59 Å². The summed E-state index contributed by atoms with van der Waals surface area (Å²) < 4.78 is 22.6. The molecule has 3 aromatic rings. The average molecular weight is 425 g/mol. The van der Waals surface area contributed by atoms with Gasteiger partial charge in [-0.1, -0.05) is 18.2 Å². The van der Waals surface area contributed by atoms with E-state index in [1.165, 1.54) is 38.1 Å². The third-order valence-corrected chi connectivity index (χ3v) is 4.34. The highest BCUT2D eigenvalue weighted by Crippen LogP contribution is 2.39. The predicted molar refractivity (Wildman–Crippen MR) is 114 cm³/mol. The van der Waals surface area contributed by atoms with Crippen LogP contribution in [0.25, 0.3) is 0 Å². The van der Waals surface area contributed by atoms with E-state index >= 15 is 0 Å². The van der Waals surface area contributed by atoms with Crippen LogP contribution in [0.3, 0.4) is 0 Å². The Bertz CT molecular complexity index is 1070. The van der Waals surface area contributed by atoms with Gasteiger partial charge in [-0.25, -0.2) is 4.68 Å². The number of hydrogen-bond acceptors (Lipinski definition) is 7. The number of ether oxygens (including phenoxy) is 4. The van der Waals surface area contributed by atoms with E-state index in [2.05, 4.69) is 10.4 Å². The summed E-state index contributed by atoms with van der Waals surface area (Å²) in [4.78, 5) is 24.8. The lowest BCUT2D eigenvalue weighted by Crippen LogP contribution is -2.28. The van der Waals surface area contributed by atoms with E-state index in [1.807, 2.05) is 30.3 Å². The first-order valence-electron chi connectivity index (χ1n) is 9.43. The first kappa shape index (κ1) is 21.7. The number of nitrogens with zero attached hydrogens (tertiary/aromatic N) is 2. The molecule has 0 unspecified atom stereocenters. The van der Waals surface area contributed by atoms with Gasteiger partial charge in [-0.05, 0) is 18.2 Å². The average Bonchev–Trinajstić information content (AvgIpc) is 2.80. The highest BCUT2D eigenvalue weighted by Gasteiger charge is 2.16. The van der Waals surface area contributed by atoms with Crippen molar-refractivity contribution in [1.82, 2.24) is 9.78 Å². The zero-order valence-corrected chi connectivity index (χ0v) is 17.5. The highest BCUT2D eigenvalue weighted by atomic mass is 16.5. The summed E-state index contributed by atoms with van der Waals surface area (Å²) in [5.74, 6) is 1.40. The Kier molecular flexibility index (Phi) is 7.10. The SMILES string of the molecule is COc1cc(NC(=O)c2ccc(=O)n(CCOc3ccccc3)n2)cc(OC)c1OC. The monoisotopic (exact) mass is 425 g/mol. The van der Waals surface area contributed by atoms with Gasteiger partial charge in [0.15, 0.2) is 11.5 Å². The molecule has 162 valence electrons. The Balaban J connectivity index is 1.73. The van der Waals surface area contributed by atoms with Crippen LogP contribution < -0.4 is 29.8 Å². The van der Waals surface area contributed by atoms with Crippen LogP contribution in [0, 0.1) is 0 Å². The van der Waals surface area contributed by atoms with Crippen LogP contribution >= 0.6 is 0 Å². The van der Waals surface area contributed by atoms with E-state index < -0.39 is 5.91 Å². The number of anilines is 1. The van der Waals surface area contributed by atoms with Crippen molar-refractivity contribution in [3.63, 3.8) is 0 Å². The molecule has 9 nitrogen and oxygen atoms in total.